The maximum Gasteiger partial charge on any atom is 0.410 e. The molecular formula is C30H28ClF3N4O2. The van der Waals surface area contributed by atoms with Crippen molar-refractivity contribution in [1.29, 1.82) is 0 Å². The van der Waals surface area contributed by atoms with Crippen molar-refractivity contribution in [2.24, 2.45) is 5.73 Å². The average Bonchev–Trinajstić information content (AvgIpc) is 3.35. The number of carbonyl (C=O) groups excluding carboxylic acids is 2. The van der Waals surface area contributed by atoms with Crippen molar-refractivity contribution in [2.75, 3.05) is 6.54 Å². The second kappa shape index (κ2) is 12.0. The van der Waals surface area contributed by atoms with Crippen molar-refractivity contribution in [2.45, 2.75) is 30.8 Å². The first-order valence-electron chi connectivity index (χ1n) is 12.5. The highest BCUT2D eigenvalue weighted by molar-refractivity contribution is 5.96. The summed E-state index contributed by atoms with van der Waals surface area (Å²) >= 11 is 0. The van der Waals surface area contributed by atoms with Crippen LogP contribution in [0.5, 0.6) is 0 Å². The fourth-order valence-corrected chi connectivity index (χ4v) is 5.10. The molecule has 0 bridgehead atoms. The van der Waals surface area contributed by atoms with Crippen molar-refractivity contribution in [3.8, 4) is 0 Å². The number of hydrogen-bond acceptors (Lipinski definition) is 3. The van der Waals surface area contributed by atoms with Gasteiger partial charge in [0.2, 0.25) is 5.91 Å². The Morgan fingerprint density at radius 1 is 0.950 bits per heavy atom. The molecule has 1 fully saturated rings. The number of aromatic amines is 1. The van der Waals surface area contributed by atoms with Crippen molar-refractivity contribution in [3.63, 3.8) is 0 Å². The molecule has 0 aliphatic carbocycles. The maximum atomic E-state index is 14.4. The summed E-state index contributed by atoms with van der Waals surface area (Å²) in [7, 11) is 0. The molecule has 0 saturated carbocycles. The molecule has 10 heteroatoms. The summed E-state index contributed by atoms with van der Waals surface area (Å²) in [6.45, 7) is -0.733. The van der Waals surface area contributed by atoms with E-state index in [-0.39, 0.29) is 24.4 Å². The zero-order valence-corrected chi connectivity index (χ0v) is 22.1. The minimum absolute atomic E-state index is 0. The van der Waals surface area contributed by atoms with Crippen LogP contribution in [0.25, 0.3) is 17.0 Å². The van der Waals surface area contributed by atoms with Crippen molar-refractivity contribution < 1.29 is 22.8 Å². The Kier molecular flexibility index (Phi) is 8.66. The number of para-hydroxylation sites is 1. The van der Waals surface area contributed by atoms with E-state index in [4.69, 9.17) is 5.73 Å². The minimum Gasteiger partial charge on any atom is -0.361 e. The number of alkyl halides is 3. The van der Waals surface area contributed by atoms with Crippen LogP contribution in [0.15, 0.2) is 97.2 Å². The van der Waals surface area contributed by atoms with Crippen LogP contribution in [-0.4, -0.2) is 57.6 Å². The van der Waals surface area contributed by atoms with Crippen molar-refractivity contribution >= 4 is 41.2 Å². The zero-order chi connectivity index (χ0) is 27.6. The van der Waals surface area contributed by atoms with Crippen LogP contribution in [0.4, 0.5) is 13.2 Å². The molecule has 208 valence electrons. The Labute approximate surface area is 235 Å². The number of H-pyrrole nitrogens is 1. The Hall–Kier alpha value is -4.08. The molecule has 1 aliphatic rings. The summed E-state index contributed by atoms with van der Waals surface area (Å²) in [6, 6.07) is 21.3. The van der Waals surface area contributed by atoms with Gasteiger partial charge >= 0.3 is 6.18 Å². The van der Waals surface area contributed by atoms with Gasteiger partial charge in [-0.05, 0) is 41.8 Å². The van der Waals surface area contributed by atoms with Crippen LogP contribution in [0.1, 0.15) is 21.5 Å². The maximum absolute atomic E-state index is 14.4. The number of amides is 2. The lowest BCUT2D eigenvalue weighted by Crippen LogP contribution is -2.72. The molecule has 2 amide bonds. The Balaban J connectivity index is 0.00000370. The predicted octanol–water partition coefficient (Wildman–Crippen LogP) is 5.41. The van der Waals surface area contributed by atoms with E-state index in [9.17, 15) is 22.8 Å². The van der Waals surface area contributed by atoms with E-state index in [2.05, 4.69) is 4.98 Å². The third-order valence-electron chi connectivity index (χ3n) is 7.06. The zero-order valence-electron chi connectivity index (χ0n) is 21.3. The van der Waals surface area contributed by atoms with Gasteiger partial charge in [-0.3, -0.25) is 9.59 Å². The minimum atomic E-state index is -4.81. The van der Waals surface area contributed by atoms with Crippen LogP contribution in [-0.2, 0) is 11.2 Å². The lowest BCUT2D eigenvalue weighted by molar-refractivity contribution is -0.209. The van der Waals surface area contributed by atoms with E-state index < -0.39 is 42.8 Å². The molecule has 3 N–H and O–H groups in total. The van der Waals surface area contributed by atoms with E-state index in [0.717, 1.165) is 22.5 Å². The SMILES string of the molecule is Cl.NC1C(Cc2c[nH]c3ccccc23)N(C(=O)c2ccccc2)CC(C(F)(F)F)N1C(=O)C=Cc1ccccc1. The van der Waals surface area contributed by atoms with Crippen LogP contribution < -0.4 is 5.73 Å². The molecule has 5 rings (SSSR count). The first kappa shape index (κ1) is 28.9. The molecule has 0 spiro atoms. The van der Waals surface area contributed by atoms with Crippen LogP contribution in [0, 0.1) is 0 Å². The molecule has 2 heterocycles. The summed E-state index contributed by atoms with van der Waals surface area (Å²) in [4.78, 5) is 31.9. The molecule has 0 radical (unpaired) electrons. The van der Waals surface area contributed by atoms with Gasteiger partial charge in [-0.1, -0.05) is 66.7 Å². The molecule has 1 aromatic heterocycles. The van der Waals surface area contributed by atoms with Crippen LogP contribution in [0.2, 0.25) is 0 Å². The van der Waals surface area contributed by atoms with Gasteiger partial charge in [-0.15, -0.1) is 12.4 Å². The van der Waals surface area contributed by atoms with E-state index >= 15 is 0 Å². The number of piperazine rings is 1. The van der Waals surface area contributed by atoms with Gasteiger partial charge in [0.05, 0.1) is 12.6 Å². The topological polar surface area (TPSA) is 82.4 Å². The van der Waals surface area contributed by atoms with Gasteiger partial charge in [-0.2, -0.15) is 13.2 Å². The normalized spacial score (nSPS) is 19.6. The van der Waals surface area contributed by atoms with E-state index in [1.165, 1.54) is 11.0 Å². The number of nitrogens with one attached hydrogen (secondary N) is 1. The van der Waals surface area contributed by atoms with Gasteiger partial charge in [-0.25, -0.2) is 0 Å². The Morgan fingerprint density at radius 2 is 1.57 bits per heavy atom. The molecule has 3 atom stereocenters. The first-order chi connectivity index (χ1) is 18.7. The quantitative estimate of drug-likeness (QED) is 0.316. The summed E-state index contributed by atoms with van der Waals surface area (Å²) in [5.41, 5.74) is 9.06. The summed E-state index contributed by atoms with van der Waals surface area (Å²) in [5.74, 6) is -1.44. The number of nitrogens with zero attached hydrogens (tertiary/aromatic N) is 2. The van der Waals surface area contributed by atoms with Gasteiger partial charge in [0.15, 0.2) is 0 Å². The van der Waals surface area contributed by atoms with Crippen LogP contribution in [0.3, 0.4) is 0 Å². The number of carbonyl (C=O) groups is 2. The number of aromatic nitrogens is 1. The number of nitrogens with two attached hydrogens (primary N) is 1. The van der Waals surface area contributed by atoms with Crippen molar-refractivity contribution in [3.05, 3.63) is 114 Å². The molecular weight excluding hydrogens is 541 g/mol. The molecule has 3 aromatic carbocycles. The number of halogens is 4. The monoisotopic (exact) mass is 568 g/mol. The lowest BCUT2D eigenvalue weighted by atomic mass is 9.94. The molecule has 3 unspecified atom stereocenters. The van der Waals surface area contributed by atoms with Gasteiger partial charge in [0, 0.05) is 28.7 Å². The standard InChI is InChI=1S/C30H27F3N4O2.ClH/c31-30(32,33)26-19-36(29(39)21-11-5-2-6-12-21)25(17-22-18-35-24-14-8-7-13-23(22)24)28(34)37(26)27(38)16-15-20-9-3-1-4-10-20;/h1-16,18,25-26,28,35H,17,19,34H2;1H. The number of fused-ring (bicyclic) bond motifs is 1. The molecule has 1 saturated heterocycles. The number of rotatable bonds is 5. The molecule has 4 aromatic rings. The second-order valence-electron chi connectivity index (χ2n) is 9.49. The Bertz CT molecular complexity index is 1490. The van der Waals surface area contributed by atoms with E-state index in [0.29, 0.717) is 10.5 Å². The summed E-state index contributed by atoms with van der Waals surface area (Å²) < 4.78 is 43.3. The third-order valence-corrected chi connectivity index (χ3v) is 7.06. The van der Waals surface area contributed by atoms with Gasteiger partial charge < -0.3 is 20.5 Å². The first-order valence-corrected chi connectivity index (χ1v) is 12.5. The second-order valence-corrected chi connectivity index (χ2v) is 9.49. The molecule has 6 nitrogen and oxygen atoms in total. The van der Waals surface area contributed by atoms with Crippen LogP contribution >= 0.6 is 12.4 Å². The number of hydrogen-bond donors (Lipinski definition) is 2. The van der Waals surface area contributed by atoms with Gasteiger partial charge in [0.1, 0.15) is 12.2 Å². The Morgan fingerprint density at radius 3 is 2.25 bits per heavy atom. The van der Waals surface area contributed by atoms with Gasteiger partial charge in [0.25, 0.3) is 5.91 Å². The smallest absolute Gasteiger partial charge is 0.361 e. The predicted molar refractivity (Wildman–Crippen MR) is 151 cm³/mol. The highest BCUT2D eigenvalue weighted by Gasteiger charge is 2.54. The fraction of sp³-hybridized carbons (Fsp3) is 0.200. The number of benzene rings is 3. The fourth-order valence-electron chi connectivity index (χ4n) is 5.10. The largest absolute Gasteiger partial charge is 0.410 e. The van der Waals surface area contributed by atoms with E-state index in [1.54, 1.807) is 66.9 Å². The summed E-state index contributed by atoms with van der Waals surface area (Å²) in [6.07, 6.45) is -1.75. The summed E-state index contributed by atoms with van der Waals surface area (Å²) in [5, 5.41) is 0.872. The van der Waals surface area contributed by atoms with E-state index in [1.807, 2.05) is 24.3 Å². The highest BCUT2D eigenvalue weighted by Crippen LogP contribution is 2.34. The lowest BCUT2D eigenvalue weighted by Gasteiger charge is -2.50. The average molecular weight is 569 g/mol. The molecule has 40 heavy (non-hydrogen) atoms. The van der Waals surface area contributed by atoms with Crippen molar-refractivity contribution in [1.82, 2.24) is 14.8 Å². The molecule has 1 aliphatic heterocycles. The third kappa shape index (κ3) is 5.90. The highest BCUT2D eigenvalue weighted by atomic mass is 35.5.